The fraction of sp³-hybridized carbons (Fsp3) is 0.273. The minimum absolute atomic E-state index is 0.556. The molecule has 4 nitrogen and oxygen atoms in total. The Balaban J connectivity index is 2.25. The van der Waals surface area contributed by atoms with Gasteiger partial charge in [-0.15, -0.1) is 10.2 Å². The van der Waals surface area contributed by atoms with Gasteiger partial charge in [0.25, 0.3) is 0 Å². The molecule has 2 aromatic rings. The summed E-state index contributed by atoms with van der Waals surface area (Å²) in [6.45, 7) is 0. The van der Waals surface area contributed by atoms with E-state index in [9.17, 15) is 0 Å². The van der Waals surface area contributed by atoms with Gasteiger partial charge < -0.3 is 9.88 Å². The second kappa shape index (κ2) is 4.94. The molecular weight excluding hydrogens is 259 g/mol. The monoisotopic (exact) mass is 270 g/mol. The molecule has 0 atom stereocenters. The summed E-state index contributed by atoms with van der Waals surface area (Å²) in [5, 5.41) is 12.2. The summed E-state index contributed by atoms with van der Waals surface area (Å²) in [7, 11) is 3.73. The molecule has 0 radical (unpaired) electrons. The van der Waals surface area contributed by atoms with E-state index in [1.165, 1.54) is 0 Å². The molecule has 0 spiro atoms. The van der Waals surface area contributed by atoms with Crippen LogP contribution in [-0.2, 0) is 13.5 Å². The average Bonchev–Trinajstić information content (AvgIpc) is 2.65. The number of anilines is 1. The fourth-order valence-electron chi connectivity index (χ4n) is 1.57. The predicted molar refractivity (Wildman–Crippen MR) is 69.8 cm³/mol. The zero-order chi connectivity index (χ0) is 12.4. The zero-order valence-electron chi connectivity index (χ0n) is 9.54. The molecule has 0 fully saturated rings. The lowest BCUT2D eigenvalue weighted by atomic mass is 10.1. The van der Waals surface area contributed by atoms with Crippen molar-refractivity contribution >= 4 is 29.2 Å². The molecule has 0 unspecified atom stereocenters. The standard InChI is InChI=1S/C11H12Cl2N4/c1-14-11-16-15-10(17(11)2)6-7-3-4-8(12)9(13)5-7/h3-5H,6H2,1-2H3,(H,14,16). The average molecular weight is 271 g/mol. The van der Waals surface area contributed by atoms with Crippen molar-refractivity contribution in [3.8, 4) is 0 Å². The lowest BCUT2D eigenvalue weighted by Gasteiger charge is -2.04. The summed E-state index contributed by atoms with van der Waals surface area (Å²) in [5.41, 5.74) is 1.05. The third-order valence-corrected chi connectivity index (χ3v) is 3.27. The van der Waals surface area contributed by atoms with Gasteiger partial charge in [0.05, 0.1) is 10.0 Å². The third kappa shape index (κ3) is 2.53. The van der Waals surface area contributed by atoms with Crippen LogP contribution >= 0.6 is 23.2 Å². The van der Waals surface area contributed by atoms with E-state index in [0.29, 0.717) is 16.5 Å². The molecule has 17 heavy (non-hydrogen) atoms. The van der Waals surface area contributed by atoms with Gasteiger partial charge in [-0.1, -0.05) is 29.3 Å². The van der Waals surface area contributed by atoms with Crippen LogP contribution < -0.4 is 5.32 Å². The maximum atomic E-state index is 5.97. The fourth-order valence-corrected chi connectivity index (χ4v) is 1.89. The van der Waals surface area contributed by atoms with Gasteiger partial charge >= 0.3 is 0 Å². The van der Waals surface area contributed by atoms with Crippen molar-refractivity contribution in [1.82, 2.24) is 14.8 Å². The smallest absolute Gasteiger partial charge is 0.224 e. The Bertz CT molecular complexity index is 536. The van der Waals surface area contributed by atoms with Gasteiger partial charge in [0.1, 0.15) is 5.82 Å². The molecule has 0 bridgehead atoms. The molecule has 0 saturated heterocycles. The second-order valence-electron chi connectivity index (χ2n) is 3.67. The summed E-state index contributed by atoms with van der Waals surface area (Å²) in [4.78, 5) is 0. The summed E-state index contributed by atoms with van der Waals surface area (Å²) in [5.74, 6) is 1.60. The topological polar surface area (TPSA) is 42.7 Å². The van der Waals surface area contributed by atoms with Crippen molar-refractivity contribution in [1.29, 1.82) is 0 Å². The Morgan fingerprint density at radius 1 is 1.24 bits per heavy atom. The largest absolute Gasteiger partial charge is 0.357 e. The van der Waals surface area contributed by atoms with Gasteiger partial charge in [-0.25, -0.2) is 0 Å². The lowest BCUT2D eigenvalue weighted by Crippen LogP contribution is -2.03. The number of hydrogen-bond donors (Lipinski definition) is 1. The highest BCUT2D eigenvalue weighted by molar-refractivity contribution is 6.42. The van der Waals surface area contributed by atoms with Crippen LogP contribution in [0, 0.1) is 0 Å². The van der Waals surface area contributed by atoms with E-state index in [0.717, 1.165) is 17.3 Å². The Labute approximate surface area is 110 Å². The number of rotatable bonds is 3. The quantitative estimate of drug-likeness (QED) is 0.933. The lowest BCUT2D eigenvalue weighted by molar-refractivity contribution is 0.825. The number of aromatic nitrogens is 3. The third-order valence-electron chi connectivity index (χ3n) is 2.53. The van der Waals surface area contributed by atoms with E-state index in [1.807, 2.05) is 30.8 Å². The maximum Gasteiger partial charge on any atom is 0.224 e. The SMILES string of the molecule is CNc1nnc(Cc2ccc(Cl)c(Cl)c2)n1C. The molecule has 0 aliphatic carbocycles. The highest BCUT2D eigenvalue weighted by Crippen LogP contribution is 2.23. The first-order valence-electron chi connectivity index (χ1n) is 5.11. The van der Waals surface area contributed by atoms with E-state index >= 15 is 0 Å². The van der Waals surface area contributed by atoms with E-state index in [-0.39, 0.29) is 0 Å². The Kier molecular flexibility index (Phi) is 3.54. The van der Waals surface area contributed by atoms with E-state index in [1.54, 1.807) is 6.07 Å². The number of nitrogens with zero attached hydrogens (tertiary/aromatic N) is 3. The van der Waals surface area contributed by atoms with Gasteiger partial charge in [-0.2, -0.15) is 0 Å². The van der Waals surface area contributed by atoms with Crippen molar-refractivity contribution in [3.05, 3.63) is 39.6 Å². The number of benzene rings is 1. The zero-order valence-corrected chi connectivity index (χ0v) is 11.0. The maximum absolute atomic E-state index is 5.97. The summed E-state index contributed by atoms with van der Waals surface area (Å²) >= 11 is 11.8. The van der Waals surface area contributed by atoms with Crippen molar-refractivity contribution in [3.63, 3.8) is 0 Å². The van der Waals surface area contributed by atoms with Gasteiger partial charge in [0.2, 0.25) is 5.95 Å². The second-order valence-corrected chi connectivity index (χ2v) is 4.49. The van der Waals surface area contributed by atoms with Crippen molar-refractivity contribution in [2.24, 2.45) is 7.05 Å². The molecule has 0 saturated carbocycles. The van der Waals surface area contributed by atoms with E-state index < -0.39 is 0 Å². The molecule has 1 N–H and O–H groups in total. The predicted octanol–water partition coefficient (Wildman–Crippen LogP) is 2.75. The molecule has 0 amide bonds. The molecule has 6 heteroatoms. The molecule has 0 aliphatic heterocycles. The Hall–Kier alpha value is -1.26. The summed E-state index contributed by atoms with van der Waals surface area (Å²) in [6, 6.07) is 5.56. The Morgan fingerprint density at radius 2 is 2.00 bits per heavy atom. The minimum atomic E-state index is 0.556. The van der Waals surface area contributed by atoms with Crippen molar-refractivity contribution < 1.29 is 0 Å². The van der Waals surface area contributed by atoms with Gasteiger partial charge in [0.15, 0.2) is 0 Å². The molecule has 1 aromatic heterocycles. The van der Waals surface area contributed by atoms with Crippen LogP contribution in [-0.4, -0.2) is 21.8 Å². The minimum Gasteiger partial charge on any atom is -0.357 e. The van der Waals surface area contributed by atoms with Gasteiger partial charge in [-0.05, 0) is 17.7 Å². The van der Waals surface area contributed by atoms with E-state index in [4.69, 9.17) is 23.2 Å². The van der Waals surface area contributed by atoms with Crippen molar-refractivity contribution in [2.45, 2.75) is 6.42 Å². The number of halogens is 2. The van der Waals surface area contributed by atoms with Gasteiger partial charge in [0, 0.05) is 20.5 Å². The van der Waals surface area contributed by atoms with Crippen LogP contribution in [0.4, 0.5) is 5.95 Å². The van der Waals surface area contributed by atoms with Crippen LogP contribution in [0.3, 0.4) is 0 Å². The number of hydrogen-bond acceptors (Lipinski definition) is 3. The molecule has 1 aromatic carbocycles. The van der Waals surface area contributed by atoms with E-state index in [2.05, 4.69) is 15.5 Å². The highest BCUT2D eigenvalue weighted by Gasteiger charge is 2.08. The van der Waals surface area contributed by atoms with Crippen LogP contribution in [0.5, 0.6) is 0 Å². The van der Waals surface area contributed by atoms with Crippen molar-refractivity contribution in [2.75, 3.05) is 12.4 Å². The summed E-state index contributed by atoms with van der Waals surface area (Å²) in [6.07, 6.45) is 0.669. The molecular formula is C11H12Cl2N4. The molecule has 90 valence electrons. The first-order valence-corrected chi connectivity index (χ1v) is 5.87. The van der Waals surface area contributed by atoms with Crippen LogP contribution in [0.2, 0.25) is 10.0 Å². The normalized spacial score (nSPS) is 10.6. The van der Waals surface area contributed by atoms with Gasteiger partial charge in [-0.3, -0.25) is 0 Å². The van der Waals surface area contributed by atoms with Crippen LogP contribution in [0.15, 0.2) is 18.2 Å². The first kappa shape index (κ1) is 12.2. The molecule has 0 aliphatic rings. The first-order chi connectivity index (χ1) is 8.11. The Morgan fingerprint density at radius 3 is 2.59 bits per heavy atom. The number of nitrogens with one attached hydrogen (secondary N) is 1. The highest BCUT2D eigenvalue weighted by atomic mass is 35.5. The summed E-state index contributed by atoms with van der Waals surface area (Å²) < 4.78 is 1.91. The molecule has 1 heterocycles. The van der Waals surface area contributed by atoms with Crippen LogP contribution in [0.1, 0.15) is 11.4 Å². The molecule has 2 rings (SSSR count). The van der Waals surface area contributed by atoms with Crippen LogP contribution in [0.25, 0.3) is 0 Å².